The Morgan fingerprint density at radius 3 is 1.93 bits per heavy atom. The molecule has 0 unspecified atom stereocenters. The van der Waals surface area contributed by atoms with Gasteiger partial charge in [0.15, 0.2) is 11.5 Å². The van der Waals surface area contributed by atoms with Gasteiger partial charge in [-0.25, -0.2) is 9.59 Å². The van der Waals surface area contributed by atoms with Gasteiger partial charge in [0.25, 0.3) is 0 Å². The van der Waals surface area contributed by atoms with Gasteiger partial charge in [-0.05, 0) is 68.8 Å². The molecule has 2 heterocycles. The number of nitrogens with two attached hydrogens (primary N) is 1. The number of benzene rings is 1. The molecule has 0 saturated carbocycles. The predicted molar refractivity (Wildman–Crippen MR) is 107 cm³/mol. The summed E-state index contributed by atoms with van der Waals surface area (Å²) < 4.78 is 11.1. The molecular weight excluding hydrogens is 370 g/mol. The Morgan fingerprint density at radius 2 is 1.41 bits per heavy atom. The van der Waals surface area contributed by atoms with Crippen LogP contribution in [0.1, 0.15) is 37.7 Å². The Morgan fingerprint density at radius 1 is 0.862 bits per heavy atom. The van der Waals surface area contributed by atoms with Crippen LogP contribution in [-0.4, -0.2) is 28.5 Å². The fourth-order valence-corrected chi connectivity index (χ4v) is 2.75. The molecule has 2 aromatic heterocycles. The molecule has 0 atom stereocenters. The number of pyridine rings is 2. The Hall–Kier alpha value is -3.58. The van der Waals surface area contributed by atoms with Crippen LogP contribution in [0.3, 0.4) is 0 Å². The van der Waals surface area contributed by atoms with Crippen molar-refractivity contribution >= 4 is 11.9 Å². The number of aromatic nitrogens is 2. The zero-order valence-electron chi connectivity index (χ0n) is 16.2. The summed E-state index contributed by atoms with van der Waals surface area (Å²) in [7, 11) is 0. The third-order valence-corrected chi connectivity index (χ3v) is 4.30. The molecule has 7 heteroatoms. The zero-order chi connectivity index (χ0) is 20.8. The Labute approximate surface area is 168 Å². The number of rotatable bonds is 6. The normalized spacial score (nSPS) is 10.4. The molecule has 7 nitrogen and oxygen atoms in total. The van der Waals surface area contributed by atoms with E-state index in [1.165, 1.54) is 0 Å². The molecule has 3 rings (SSSR count). The maximum absolute atomic E-state index is 12.6. The van der Waals surface area contributed by atoms with Crippen molar-refractivity contribution < 1.29 is 19.1 Å². The lowest BCUT2D eigenvalue weighted by atomic mass is 10.1. The van der Waals surface area contributed by atoms with Crippen molar-refractivity contribution in [3.05, 3.63) is 82.9 Å². The fourth-order valence-electron chi connectivity index (χ4n) is 2.75. The minimum absolute atomic E-state index is 0.133. The van der Waals surface area contributed by atoms with Gasteiger partial charge in [-0.3, -0.25) is 9.97 Å². The number of aryl methyl sites for hydroxylation is 2. The number of carbonyl (C=O) groups excluding carboxylic acids is 2. The van der Waals surface area contributed by atoms with Gasteiger partial charge in [-0.1, -0.05) is 6.07 Å². The highest BCUT2D eigenvalue weighted by Gasteiger charge is 2.19. The Balaban J connectivity index is 1.91. The van der Waals surface area contributed by atoms with Crippen LogP contribution in [0, 0.1) is 13.8 Å². The SMILES string of the molecule is Cc1ncccc1C(=O)Oc1ccc(CCN)cc1OC(=O)c1cccnc1C. The predicted octanol–water partition coefficient (Wildman–Crippen LogP) is 3.03. The first-order chi connectivity index (χ1) is 14.0. The van der Waals surface area contributed by atoms with Gasteiger partial charge in [-0.2, -0.15) is 0 Å². The first kappa shape index (κ1) is 20.2. The van der Waals surface area contributed by atoms with Crippen molar-refractivity contribution in [2.45, 2.75) is 20.3 Å². The van der Waals surface area contributed by atoms with E-state index in [0.29, 0.717) is 35.5 Å². The number of hydrogen-bond donors (Lipinski definition) is 1. The molecule has 0 aliphatic rings. The lowest BCUT2D eigenvalue weighted by Gasteiger charge is -2.13. The zero-order valence-corrected chi connectivity index (χ0v) is 16.2. The number of ether oxygens (including phenoxy) is 2. The van der Waals surface area contributed by atoms with Gasteiger partial charge in [0.2, 0.25) is 0 Å². The van der Waals surface area contributed by atoms with Crippen LogP contribution in [0.5, 0.6) is 11.5 Å². The summed E-state index contributed by atoms with van der Waals surface area (Å²) in [6.45, 7) is 3.86. The van der Waals surface area contributed by atoms with Gasteiger partial charge in [0, 0.05) is 12.4 Å². The lowest BCUT2D eigenvalue weighted by molar-refractivity contribution is 0.0680. The third kappa shape index (κ3) is 4.83. The first-order valence-corrected chi connectivity index (χ1v) is 9.10. The summed E-state index contributed by atoms with van der Waals surface area (Å²) >= 11 is 0. The Kier molecular flexibility index (Phi) is 6.31. The molecule has 0 saturated heterocycles. The molecule has 0 aliphatic heterocycles. The largest absolute Gasteiger partial charge is 0.419 e. The standard InChI is InChI=1S/C22H21N3O4/c1-14-17(5-3-11-24-14)21(26)28-19-8-7-16(9-10-23)13-20(19)29-22(27)18-6-4-12-25-15(18)2/h3-8,11-13H,9-10,23H2,1-2H3. The van der Waals surface area contributed by atoms with Crippen LogP contribution in [0.15, 0.2) is 54.9 Å². The maximum atomic E-state index is 12.6. The highest BCUT2D eigenvalue weighted by molar-refractivity contribution is 5.94. The molecule has 29 heavy (non-hydrogen) atoms. The third-order valence-electron chi connectivity index (χ3n) is 4.30. The van der Waals surface area contributed by atoms with Gasteiger partial charge in [0.1, 0.15) is 0 Å². The molecule has 1 aromatic carbocycles. The van der Waals surface area contributed by atoms with E-state index in [9.17, 15) is 9.59 Å². The number of esters is 2. The van der Waals surface area contributed by atoms with Crippen LogP contribution in [0.2, 0.25) is 0 Å². The topological polar surface area (TPSA) is 104 Å². The van der Waals surface area contributed by atoms with E-state index in [0.717, 1.165) is 5.56 Å². The number of hydrogen-bond acceptors (Lipinski definition) is 7. The summed E-state index contributed by atoms with van der Waals surface area (Å²) in [6.07, 6.45) is 3.78. The van der Waals surface area contributed by atoms with E-state index in [4.69, 9.17) is 15.2 Å². The van der Waals surface area contributed by atoms with Gasteiger partial charge in [0.05, 0.1) is 22.5 Å². The van der Waals surface area contributed by atoms with Crippen LogP contribution in [0.4, 0.5) is 0 Å². The summed E-state index contributed by atoms with van der Waals surface area (Å²) in [5, 5.41) is 0. The summed E-state index contributed by atoms with van der Waals surface area (Å²) in [4.78, 5) is 33.4. The quantitative estimate of drug-likeness (QED) is 0.509. The molecule has 0 bridgehead atoms. The van der Waals surface area contributed by atoms with Gasteiger partial charge >= 0.3 is 11.9 Å². The maximum Gasteiger partial charge on any atom is 0.345 e. The minimum atomic E-state index is -0.588. The second-order valence-electron chi connectivity index (χ2n) is 6.37. The summed E-state index contributed by atoms with van der Waals surface area (Å²) in [5.74, 6) is -0.902. The van der Waals surface area contributed by atoms with Crippen LogP contribution in [-0.2, 0) is 6.42 Å². The Bertz CT molecular complexity index is 1050. The molecule has 0 spiro atoms. The second kappa shape index (κ2) is 9.07. The van der Waals surface area contributed by atoms with E-state index >= 15 is 0 Å². The molecule has 0 fully saturated rings. The van der Waals surface area contributed by atoms with E-state index in [2.05, 4.69) is 9.97 Å². The molecule has 148 valence electrons. The van der Waals surface area contributed by atoms with E-state index < -0.39 is 11.9 Å². The average Bonchev–Trinajstić information content (AvgIpc) is 2.70. The first-order valence-electron chi connectivity index (χ1n) is 9.10. The van der Waals surface area contributed by atoms with Crippen molar-refractivity contribution in [1.29, 1.82) is 0 Å². The monoisotopic (exact) mass is 391 g/mol. The van der Waals surface area contributed by atoms with E-state index in [-0.39, 0.29) is 11.5 Å². The fraction of sp³-hybridized carbons (Fsp3) is 0.182. The van der Waals surface area contributed by atoms with Gasteiger partial charge < -0.3 is 15.2 Å². The smallest absolute Gasteiger partial charge is 0.345 e. The number of carbonyl (C=O) groups is 2. The van der Waals surface area contributed by atoms with Crippen LogP contribution >= 0.6 is 0 Å². The van der Waals surface area contributed by atoms with Crippen molar-refractivity contribution in [3.8, 4) is 11.5 Å². The molecule has 0 radical (unpaired) electrons. The molecule has 0 aliphatic carbocycles. The minimum Gasteiger partial charge on any atom is -0.419 e. The molecular formula is C22H21N3O4. The second-order valence-corrected chi connectivity index (χ2v) is 6.37. The van der Waals surface area contributed by atoms with Gasteiger partial charge in [-0.15, -0.1) is 0 Å². The molecule has 0 amide bonds. The highest BCUT2D eigenvalue weighted by Crippen LogP contribution is 2.30. The van der Waals surface area contributed by atoms with Crippen molar-refractivity contribution in [1.82, 2.24) is 9.97 Å². The number of nitrogens with zero attached hydrogens (tertiary/aromatic N) is 2. The van der Waals surface area contributed by atoms with E-state index in [1.54, 1.807) is 68.7 Å². The van der Waals surface area contributed by atoms with Crippen molar-refractivity contribution in [2.24, 2.45) is 5.73 Å². The summed E-state index contributed by atoms with van der Waals surface area (Å²) in [6, 6.07) is 11.6. The highest BCUT2D eigenvalue weighted by atomic mass is 16.6. The molecule has 2 N–H and O–H groups in total. The lowest BCUT2D eigenvalue weighted by Crippen LogP contribution is -2.15. The van der Waals surface area contributed by atoms with Crippen LogP contribution < -0.4 is 15.2 Å². The summed E-state index contributed by atoms with van der Waals surface area (Å²) in [5.41, 5.74) is 8.23. The van der Waals surface area contributed by atoms with Crippen LogP contribution in [0.25, 0.3) is 0 Å². The van der Waals surface area contributed by atoms with Crippen molar-refractivity contribution in [3.63, 3.8) is 0 Å². The average molecular weight is 391 g/mol. The molecule has 3 aromatic rings. The van der Waals surface area contributed by atoms with Crippen molar-refractivity contribution in [2.75, 3.05) is 6.54 Å². The van der Waals surface area contributed by atoms with E-state index in [1.807, 2.05) is 0 Å².